The predicted molar refractivity (Wildman–Crippen MR) is 73.6 cm³/mol. The highest BCUT2D eigenvalue weighted by atomic mass is 16.5. The van der Waals surface area contributed by atoms with Crippen LogP contribution in [0, 0.1) is 6.92 Å². The maximum Gasteiger partial charge on any atom is 0.234 e. The van der Waals surface area contributed by atoms with Crippen LogP contribution in [0.1, 0.15) is 38.1 Å². The van der Waals surface area contributed by atoms with Gasteiger partial charge in [-0.1, -0.05) is 19.0 Å². The molecule has 0 aliphatic rings. The van der Waals surface area contributed by atoms with Gasteiger partial charge >= 0.3 is 0 Å². The Hall–Kier alpha value is -1.75. The van der Waals surface area contributed by atoms with Crippen LogP contribution < -0.4 is 5.73 Å². The molecule has 5 heteroatoms. The molecule has 0 aliphatic heterocycles. The van der Waals surface area contributed by atoms with Crippen molar-refractivity contribution in [1.82, 2.24) is 15.1 Å². The number of hydrogen-bond acceptors (Lipinski definition) is 5. The first-order valence-corrected chi connectivity index (χ1v) is 6.62. The number of aromatic nitrogens is 3. The number of hydrogen-bond donors (Lipinski definition) is 1. The minimum Gasteiger partial charge on any atom is -0.338 e. The molecule has 0 radical (unpaired) electrons. The van der Waals surface area contributed by atoms with Gasteiger partial charge in [0.05, 0.1) is 5.41 Å². The maximum absolute atomic E-state index is 5.90. The lowest BCUT2D eigenvalue weighted by Crippen LogP contribution is -2.34. The highest BCUT2D eigenvalue weighted by Gasteiger charge is 2.33. The lowest BCUT2D eigenvalue weighted by atomic mass is 9.82. The maximum atomic E-state index is 5.90. The van der Waals surface area contributed by atoms with Crippen LogP contribution >= 0.6 is 0 Å². The monoisotopic (exact) mass is 260 g/mol. The summed E-state index contributed by atoms with van der Waals surface area (Å²) in [6, 6.07) is 1.89. The van der Waals surface area contributed by atoms with Crippen LogP contribution in [0.15, 0.2) is 23.0 Å². The van der Waals surface area contributed by atoms with E-state index in [9.17, 15) is 0 Å². The van der Waals surface area contributed by atoms with E-state index >= 15 is 0 Å². The minimum absolute atomic E-state index is 0.216. The predicted octanol–water partition coefficient (Wildman–Crippen LogP) is 2.46. The average Bonchev–Trinajstić information content (AvgIpc) is 2.92. The van der Waals surface area contributed by atoms with Gasteiger partial charge in [0.1, 0.15) is 0 Å². The van der Waals surface area contributed by atoms with Crippen molar-refractivity contribution in [2.75, 3.05) is 6.54 Å². The van der Waals surface area contributed by atoms with Gasteiger partial charge in [0.25, 0.3) is 0 Å². The van der Waals surface area contributed by atoms with Crippen molar-refractivity contribution in [3.8, 4) is 11.4 Å². The zero-order valence-corrected chi connectivity index (χ0v) is 11.7. The Labute approximate surface area is 113 Å². The van der Waals surface area contributed by atoms with E-state index in [4.69, 9.17) is 10.3 Å². The SMILES string of the molecule is CCC(CC)(CN)c1nc(-c2ccncc2C)no1. The Bertz CT molecular complexity index is 538. The molecule has 5 nitrogen and oxygen atoms in total. The van der Waals surface area contributed by atoms with E-state index in [0.29, 0.717) is 18.3 Å². The Kier molecular flexibility index (Phi) is 3.95. The lowest BCUT2D eigenvalue weighted by molar-refractivity contribution is 0.267. The van der Waals surface area contributed by atoms with Gasteiger partial charge in [-0.2, -0.15) is 4.98 Å². The summed E-state index contributed by atoms with van der Waals surface area (Å²) in [4.78, 5) is 8.61. The third kappa shape index (κ3) is 2.38. The fourth-order valence-corrected chi connectivity index (χ4v) is 2.20. The molecule has 2 heterocycles. The molecule has 0 saturated heterocycles. The van der Waals surface area contributed by atoms with Gasteiger partial charge in [-0.05, 0) is 31.4 Å². The quantitative estimate of drug-likeness (QED) is 0.893. The van der Waals surface area contributed by atoms with Gasteiger partial charge < -0.3 is 10.3 Å². The Balaban J connectivity index is 2.42. The van der Waals surface area contributed by atoms with E-state index in [2.05, 4.69) is 29.0 Å². The molecule has 0 atom stereocenters. The van der Waals surface area contributed by atoms with Crippen molar-refractivity contribution in [1.29, 1.82) is 0 Å². The van der Waals surface area contributed by atoms with Crippen LogP contribution in [0.4, 0.5) is 0 Å². The Morgan fingerprint density at radius 2 is 2.05 bits per heavy atom. The zero-order chi connectivity index (χ0) is 13.9. The molecule has 0 aliphatic carbocycles. The third-order valence-electron chi connectivity index (χ3n) is 3.89. The Morgan fingerprint density at radius 1 is 1.32 bits per heavy atom. The molecule has 0 aromatic carbocycles. The van der Waals surface area contributed by atoms with E-state index in [-0.39, 0.29) is 5.41 Å². The van der Waals surface area contributed by atoms with E-state index in [1.54, 1.807) is 12.4 Å². The summed E-state index contributed by atoms with van der Waals surface area (Å²) in [5.41, 5.74) is 7.66. The number of nitrogens with two attached hydrogens (primary N) is 1. The molecule has 0 fully saturated rings. The molecular formula is C14H20N4O. The molecule has 0 bridgehead atoms. The van der Waals surface area contributed by atoms with Gasteiger partial charge in [0.15, 0.2) is 0 Å². The van der Waals surface area contributed by atoms with Crippen LogP contribution in [0.3, 0.4) is 0 Å². The van der Waals surface area contributed by atoms with Crippen molar-refractivity contribution in [3.05, 3.63) is 29.9 Å². The lowest BCUT2D eigenvalue weighted by Gasteiger charge is -2.24. The first kappa shape index (κ1) is 13.7. The van der Waals surface area contributed by atoms with Crippen LogP contribution in [0.2, 0.25) is 0 Å². The van der Waals surface area contributed by atoms with Gasteiger partial charge in [0, 0.05) is 24.5 Å². The summed E-state index contributed by atoms with van der Waals surface area (Å²) in [6.07, 6.45) is 5.29. The van der Waals surface area contributed by atoms with E-state index < -0.39 is 0 Å². The van der Waals surface area contributed by atoms with Crippen LogP contribution in [0.25, 0.3) is 11.4 Å². The van der Waals surface area contributed by atoms with Crippen molar-refractivity contribution >= 4 is 0 Å². The normalized spacial score (nSPS) is 11.8. The largest absolute Gasteiger partial charge is 0.338 e. The number of pyridine rings is 1. The summed E-state index contributed by atoms with van der Waals surface area (Å²) in [7, 11) is 0. The molecule has 0 spiro atoms. The van der Waals surface area contributed by atoms with Crippen molar-refractivity contribution in [2.24, 2.45) is 5.73 Å². The third-order valence-corrected chi connectivity index (χ3v) is 3.89. The molecular weight excluding hydrogens is 240 g/mol. The number of rotatable bonds is 5. The van der Waals surface area contributed by atoms with Crippen molar-refractivity contribution in [3.63, 3.8) is 0 Å². The molecule has 2 rings (SSSR count). The summed E-state index contributed by atoms with van der Waals surface area (Å²) < 4.78 is 5.45. The molecule has 2 N–H and O–H groups in total. The second kappa shape index (κ2) is 5.48. The molecule has 2 aromatic heterocycles. The number of aryl methyl sites for hydroxylation is 1. The topological polar surface area (TPSA) is 77.8 Å². The van der Waals surface area contributed by atoms with Gasteiger partial charge in [-0.3, -0.25) is 4.98 Å². The second-order valence-corrected chi connectivity index (χ2v) is 4.81. The fourth-order valence-electron chi connectivity index (χ4n) is 2.20. The second-order valence-electron chi connectivity index (χ2n) is 4.81. The van der Waals surface area contributed by atoms with Crippen LogP contribution in [-0.2, 0) is 5.41 Å². The van der Waals surface area contributed by atoms with E-state index in [1.807, 2.05) is 13.0 Å². The van der Waals surface area contributed by atoms with E-state index in [0.717, 1.165) is 24.0 Å². The molecule has 2 aromatic rings. The van der Waals surface area contributed by atoms with E-state index in [1.165, 1.54) is 0 Å². The first-order valence-electron chi connectivity index (χ1n) is 6.62. The molecule has 0 amide bonds. The van der Waals surface area contributed by atoms with Gasteiger partial charge in [-0.25, -0.2) is 0 Å². The van der Waals surface area contributed by atoms with Crippen molar-refractivity contribution in [2.45, 2.75) is 39.0 Å². The Morgan fingerprint density at radius 3 is 2.63 bits per heavy atom. The summed E-state index contributed by atoms with van der Waals surface area (Å²) in [5.74, 6) is 1.24. The highest BCUT2D eigenvalue weighted by Crippen LogP contribution is 2.31. The standard InChI is InChI=1S/C14H20N4O/c1-4-14(5-2,9-15)13-17-12(18-19-13)11-6-7-16-8-10(11)3/h6-8H,4-5,9,15H2,1-3H3. The van der Waals surface area contributed by atoms with Crippen molar-refractivity contribution < 1.29 is 4.52 Å². The van der Waals surface area contributed by atoms with Gasteiger partial charge in [-0.15, -0.1) is 0 Å². The van der Waals surface area contributed by atoms with Crippen LogP contribution in [-0.4, -0.2) is 21.7 Å². The number of nitrogens with zero attached hydrogens (tertiary/aromatic N) is 3. The summed E-state index contributed by atoms with van der Waals surface area (Å²) in [6.45, 7) is 6.68. The smallest absolute Gasteiger partial charge is 0.234 e. The zero-order valence-electron chi connectivity index (χ0n) is 11.7. The molecule has 102 valence electrons. The summed E-state index contributed by atoms with van der Waals surface area (Å²) in [5, 5.41) is 4.09. The molecule has 0 saturated carbocycles. The van der Waals surface area contributed by atoms with Crippen LogP contribution in [0.5, 0.6) is 0 Å². The first-order chi connectivity index (χ1) is 9.16. The molecule has 0 unspecified atom stereocenters. The molecule has 19 heavy (non-hydrogen) atoms. The average molecular weight is 260 g/mol. The fraction of sp³-hybridized carbons (Fsp3) is 0.500. The van der Waals surface area contributed by atoms with Gasteiger partial charge in [0.2, 0.25) is 11.7 Å². The minimum atomic E-state index is -0.216. The highest BCUT2D eigenvalue weighted by molar-refractivity contribution is 5.58. The summed E-state index contributed by atoms with van der Waals surface area (Å²) >= 11 is 0.